The molecule has 0 aromatic heterocycles. The minimum atomic E-state index is 0.344. The molecule has 0 saturated heterocycles. The van der Waals surface area contributed by atoms with Crippen molar-refractivity contribution in [2.24, 2.45) is 0 Å². The first-order chi connectivity index (χ1) is 17.9. The smallest absolute Gasteiger partial charge is 0.119 e. The van der Waals surface area contributed by atoms with Crippen LogP contribution in [0.4, 0.5) is 0 Å². The number of aromatic hydroxyl groups is 2. The molecule has 0 radical (unpaired) electrons. The second-order valence-electron chi connectivity index (χ2n) is 10.1. The van der Waals surface area contributed by atoms with Gasteiger partial charge in [0.25, 0.3) is 0 Å². The molecule has 0 heterocycles. The first-order valence-corrected chi connectivity index (χ1v) is 13.4. The van der Waals surface area contributed by atoms with Crippen molar-refractivity contribution in [1.29, 1.82) is 0 Å². The molecule has 0 spiro atoms. The molecule has 0 bridgehead atoms. The number of rotatable bonds is 6. The molecular weight excluding hydrogens is 452 g/mol. The summed E-state index contributed by atoms with van der Waals surface area (Å²) >= 11 is 0. The fourth-order valence-corrected chi connectivity index (χ4v) is 4.82. The predicted octanol–water partition coefficient (Wildman–Crippen LogP) is 9.71. The lowest BCUT2D eigenvalue weighted by Crippen LogP contribution is -1.97. The first-order valence-electron chi connectivity index (χ1n) is 13.4. The average Bonchev–Trinajstić information content (AvgIpc) is 2.93. The van der Waals surface area contributed by atoms with Gasteiger partial charge in [0, 0.05) is 6.42 Å². The maximum absolute atomic E-state index is 10.5. The van der Waals surface area contributed by atoms with Gasteiger partial charge in [-0.2, -0.15) is 0 Å². The molecule has 2 atom stereocenters. The van der Waals surface area contributed by atoms with Gasteiger partial charge >= 0.3 is 0 Å². The molecule has 5 rings (SSSR count). The Bertz CT molecular complexity index is 1410. The third kappa shape index (κ3) is 6.14. The highest BCUT2D eigenvalue weighted by atomic mass is 16.3. The highest BCUT2D eigenvalue weighted by molar-refractivity contribution is 6.02. The number of phenolic OH excluding ortho intramolecular Hbond substituents is 2. The van der Waals surface area contributed by atoms with Gasteiger partial charge in [-0.1, -0.05) is 100 Å². The Labute approximate surface area is 221 Å². The minimum absolute atomic E-state index is 0.344. The van der Waals surface area contributed by atoms with E-state index < -0.39 is 0 Å². The number of hydrogen-bond acceptors (Lipinski definition) is 2. The molecule has 2 nitrogen and oxygen atoms in total. The zero-order valence-electron chi connectivity index (χ0n) is 22.4. The Morgan fingerprint density at radius 3 is 1.68 bits per heavy atom. The Hall–Kier alpha value is -3.78. The summed E-state index contributed by atoms with van der Waals surface area (Å²) in [6.45, 7) is 8.79. The molecule has 5 aromatic carbocycles. The van der Waals surface area contributed by atoms with Gasteiger partial charge in [0.2, 0.25) is 0 Å². The molecule has 2 unspecified atom stereocenters. The Morgan fingerprint density at radius 2 is 1.11 bits per heavy atom. The maximum atomic E-state index is 10.5. The fraction of sp³-hybridized carbons (Fsp3) is 0.257. The number of benzene rings is 5. The van der Waals surface area contributed by atoms with Gasteiger partial charge in [0.1, 0.15) is 11.5 Å². The van der Waals surface area contributed by atoms with Crippen LogP contribution in [0, 0.1) is 0 Å². The normalized spacial score (nSPS) is 12.6. The molecule has 0 amide bonds. The van der Waals surface area contributed by atoms with E-state index in [1.165, 1.54) is 38.2 Å². The average molecular weight is 491 g/mol. The van der Waals surface area contributed by atoms with E-state index in [1.54, 1.807) is 12.1 Å². The van der Waals surface area contributed by atoms with Crippen molar-refractivity contribution in [3.05, 3.63) is 119 Å². The van der Waals surface area contributed by atoms with E-state index >= 15 is 0 Å². The molecule has 0 aliphatic carbocycles. The summed E-state index contributed by atoms with van der Waals surface area (Å²) in [4.78, 5) is 0. The van der Waals surface area contributed by atoms with E-state index in [1.807, 2.05) is 24.3 Å². The molecule has 0 fully saturated rings. The van der Waals surface area contributed by atoms with Crippen LogP contribution in [0.1, 0.15) is 74.6 Å². The van der Waals surface area contributed by atoms with E-state index in [0.29, 0.717) is 23.3 Å². The standard InChI is InChI=1S/C25H24O.C10H14O/c1-3-17(2)18-12-13-25(26)21(14-18)16-24-22-10-6-4-8-19(22)15-20-9-5-7-11-23(20)24;1-3-8(2)9-4-6-10(11)7-5-9/h4-15,17,26H,3,16H2,1-2H3;4-8,11H,3H2,1-2H3. The van der Waals surface area contributed by atoms with Crippen molar-refractivity contribution in [2.75, 3.05) is 0 Å². The Balaban J connectivity index is 0.000000245. The quantitative estimate of drug-likeness (QED) is 0.233. The predicted molar refractivity (Wildman–Crippen MR) is 158 cm³/mol. The van der Waals surface area contributed by atoms with Crippen LogP contribution in [0.5, 0.6) is 11.5 Å². The maximum Gasteiger partial charge on any atom is 0.119 e. The molecule has 37 heavy (non-hydrogen) atoms. The summed E-state index contributed by atoms with van der Waals surface area (Å²) in [6.07, 6.45) is 2.98. The molecule has 2 heteroatoms. The number of hydrogen-bond donors (Lipinski definition) is 2. The molecule has 0 aliphatic rings. The molecule has 5 aromatic rings. The van der Waals surface area contributed by atoms with Gasteiger partial charge < -0.3 is 10.2 Å². The van der Waals surface area contributed by atoms with Crippen molar-refractivity contribution in [3.63, 3.8) is 0 Å². The summed E-state index contributed by atoms with van der Waals surface area (Å²) in [6, 6.07) is 32.8. The van der Waals surface area contributed by atoms with E-state index in [2.05, 4.69) is 88.4 Å². The fourth-order valence-electron chi connectivity index (χ4n) is 4.82. The Kier molecular flexibility index (Phi) is 8.50. The van der Waals surface area contributed by atoms with Gasteiger partial charge in [-0.05, 0) is 92.7 Å². The zero-order valence-corrected chi connectivity index (χ0v) is 22.4. The van der Waals surface area contributed by atoms with E-state index in [4.69, 9.17) is 5.11 Å². The molecule has 2 N–H and O–H groups in total. The summed E-state index contributed by atoms with van der Waals surface area (Å²) in [5.41, 5.74) is 4.88. The third-order valence-corrected chi connectivity index (χ3v) is 7.61. The second-order valence-corrected chi connectivity index (χ2v) is 10.1. The van der Waals surface area contributed by atoms with Crippen molar-refractivity contribution in [1.82, 2.24) is 0 Å². The van der Waals surface area contributed by atoms with Crippen molar-refractivity contribution >= 4 is 21.5 Å². The summed E-state index contributed by atoms with van der Waals surface area (Å²) in [5.74, 6) is 1.82. The topological polar surface area (TPSA) is 40.5 Å². The van der Waals surface area contributed by atoms with E-state index in [0.717, 1.165) is 24.8 Å². The summed E-state index contributed by atoms with van der Waals surface area (Å²) in [5, 5.41) is 24.5. The SMILES string of the molecule is CCC(C)c1ccc(O)c(Cc2c3ccccc3cc3ccccc23)c1.CCC(C)c1ccc(O)cc1. The van der Waals surface area contributed by atoms with Crippen molar-refractivity contribution in [3.8, 4) is 11.5 Å². The van der Waals surface area contributed by atoms with Crippen LogP contribution < -0.4 is 0 Å². The first kappa shape index (κ1) is 26.3. The van der Waals surface area contributed by atoms with Gasteiger partial charge in [0.15, 0.2) is 0 Å². The van der Waals surface area contributed by atoms with Gasteiger partial charge in [-0.15, -0.1) is 0 Å². The van der Waals surface area contributed by atoms with Crippen LogP contribution in [0.25, 0.3) is 21.5 Å². The second kappa shape index (κ2) is 12.0. The van der Waals surface area contributed by atoms with Crippen LogP contribution >= 0.6 is 0 Å². The van der Waals surface area contributed by atoms with Gasteiger partial charge in [-0.3, -0.25) is 0 Å². The highest BCUT2D eigenvalue weighted by Crippen LogP contribution is 2.33. The van der Waals surface area contributed by atoms with Crippen LogP contribution in [0.2, 0.25) is 0 Å². The zero-order chi connectivity index (χ0) is 26.4. The van der Waals surface area contributed by atoms with E-state index in [-0.39, 0.29) is 0 Å². The Morgan fingerprint density at radius 1 is 0.595 bits per heavy atom. The van der Waals surface area contributed by atoms with Crippen LogP contribution in [-0.2, 0) is 6.42 Å². The molecule has 0 aliphatic heterocycles. The lowest BCUT2D eigenvalue weighted by atomic mass is 9.90. The number of fused-ring (bicyclic) bond motifs is 2. The third-order valence-electron chi connectivity index (χ3n) is 7.61. The summed E-state index contributed by atoms with van der Waals surface area (Å²) in [7, 11) is 0. The largest absolute Gasteiger partial charge is 0.508 e. The van der Waals surface area contributed by atoms with Crippen LogP contribution in [-0.4, -0.2) is 10.2 Å². The monoisotopic (exact) mass is 490 g/mol. The van der Waals surface area contributed by atoms with Crippen molar-refractivity contribution in [2.45, 2.75) is 58.8 Å². The van der Waals surface area contributed by atoms with Crippen LogP contribution in [0.15, 0.2) is 97.1 Å². The van der Waals surface area contributed by atoms with Crippen LogP contribution in [0.3, 0.4) is 0 Å². The lowest BCUT2D eigenvalue weighted by molar-refractivity contribution is 0.469. The molecule has 0 saturated carbocycles. The van der Waals surface area contributed by atoms with Crippen molar-refractivity contribution < 1.29 is 10.2 Å². The van der Waals surface area contributed by atoms with Gasteiger partial charge in [0.05, 0.1) is 0 Å². The number of phenols is 2. The highest BCUT2D eigenvalue weighted by Gasteiger charge is 2.12. The van der Waals surface area contributed by atoms with E-state index in [9.17, 15) is 5.11 Å². The summed E-state index contributed by atoms with van der Waals surface area (Å²) < 4.78 is 0. The molecule has 190 valence electrons. The minimum Gasteiger partial charge on any atom is -0.508 e. The molecular formula is C35H38O2. The van der Waals surface area contributed by atoms with Gasteiger partial charge in [-0.25, -0.2) is 0 Å². The lowest BCUT2D eigenvalue weighted by Gasteiger charge is -2.15.